The molecule has 102 valence electrons. The average molecular weight is 279 g/mol. The summed E-state index contributed by atoms with van der Waals surface area (Å²) in [6.07, 6.45) is 2.25. The van der Waals surface area contributed by atoms with E-state index < -0.39 is 0 Å². The molecule has 0 aliphatic carbocycles. The molecule has 0 fully saturated rings. The monoisotopic (exact) mass is 279 g/mol. The summed E-state index contributed by atoms with van der Waals surface area (Å²) in [5.74, 6) is 0.166. The van der Waals surface area contributed by atoms with Gasteiger partial charge in [0.15, 0.2) is 4.96 Å². The Morgan fingerprint density at radius 1 is 1.53 bits per heavy atom. The predicted octanol–water partition coefficient (Wildman–Crippen LogP) is 1.84. The van der Waals surface area contributed by atoms with E-state index in [1.54, 1.807) is 0 Å². The lowest BCUT2D eigenvalue weighted by Gasteiger charge is -2.07. The van der Waals surface area contributed by atoms with Gasteiger partial charge in [0, 0.05) is 23.8 Å². The maximum atomic E-state index is 12.2. The molecule has 2 aromatic heterocycles. The normalized spacial score (nSPS) is 11.2. The van der Waals surface area contributed by atoms with Crippen molar-refractivity contribution >= 4 is 22.2 Å². The number of rotatable bonds is 4. The number of carbonyl (C=O) groups excluding carboxylic acids is 1. The molecule has 1 N–H and O–H groups in total. The lowest BCUT2D eigenvalue weighted by Crippen LogP contribution is -2.32. The molecule has 0 bridgehead atoms. The first-order valence-corrected chi connectivity index (χ1v) is 7.12. The molecule has 0 aromatic carbocycles. The van der Waals surface area contributed by atoms with Gasteiger partial charge in [0.05, 0.1) is 0 Å². The van der Waals surface area contributed by atoms with Crippen molar-refractivity contribution in [2.75, 3.05) is 6.54 Å². The quantitative estimate of drug-likeness (QED) is 0.929. The van der Waals surface area contributed by atoms with Crippen LogP contribution in [0.15, 0.2) is 16.4 Å². The van der Waals surface area contributed by atoms with E-state index in [1.807, 2.05) is 12.3 Å². The molecule has 0 aliphatic rings. The molecule has 0 saturated carbocycles. The van der Waals surface area contributed by atoms with E-state index in [0.29, 0.717) is 17.4 Å². The zero-order valence-corrected chi connectivity index (χ0v) is 12.1. The lowest BCUT2D eigenvalue weighted by atomic mass is 10.1. The molecule has 0 spiro atoms. The van der Waals surface area contributed by atoms with Crippen LogP contribution in [0.5, 0.6) is 0 Å². The number of aromatic nitrogens is 2. The van der Waals surface area contributed by atoms with Crippen LogP contribution in [0.1, 0.15) is 36.3 Å². The minimum atomic E-state index is -0.349. The van der Waals surface area contributed by atoms with E-state index in [0.717, 1.165) is 12.1 Å². The molecule has 0 aliphatic heterocycles. The fraction of sp³-hybridized carbons (Fsp3) is 0.462. The number of nitrogens with one attached hydrogen (secondary N) is 1. The van der Waals surface area contributed by atoms with E-state index >= 15 is 0 Å². The Bertz CT molecular complexity index is 657. The first-order valence-electron chi connectivity index (χ1n) is 6.24. The number of fused-ring (bicyclic) bond motifs is 1. The molecule has 2 aromatic rings. The first-order chi connectivity index (χ1) is 9.00. The van der Waals surface area contributed by atoms with Gasteiger partial charge in [-0.25, -0.2) is 4.98 Å². The number of hydrogen-bond donors (Lipinski definition) is 1. The van der Waals surface area contributed by atoms with Gasteiger partial charge < -0.3 is 5.32 Å². The van der Waals surface area contributed by atoms with Crippen LogP contribution in [0.25, 0.3) is 4.96 Å². The predicted molar refractivity (Wildman–Crippen MR) is 75.9 cm³/mol. The van der Waals surface area contributed by atoms with Crippen molar-refractivity contribution in [1.29, 1.82) is 0 Å². The molecular weight excluding hydrogens is 262 g/mol. The Labute approximate surface area is 115 Å². The maximum Gasteiger partial charge on any atom is 0.271 e. The second-order valence-electron chi connectivity index (χ2n) is 4.91. The standard InChI is InChI=1S/C13H17N3O2S/c1-8(2)4-5-14-11(17)10-6-15-13-16(12(10)18)9(3)7-19-13/h6-8H,4-5H2,1-3H3,(H,14,17). The fourth-order valence-corrected chi connectivity index (χ4v) is 2.58. The summed E-state index contributed by atoms with van der Waals surface area (Å²) in [7, 11) is 0. The minimum Gasteiger partial charge on any atom is -0.352 e. The van der Waals surface area contributed by atoms with Crippen molar-refractivity contribution in [2.45, 2.75) is 27.2 Å². The van der Waals surface area contributed by atoms with Crippen molar-refractivity contribution in [3.63, 3.8) is 0 Å². The summed E-state index contributed by atoms with van der Waals surface area (Å²) < 4.78 is 1.47. The van der Waals surface area contributed by atoms with Crippen molar-refractivity contribution in [3.05, 3.63) is 33.2 Å². The van der Waals surface area contributed by atoms with Crippen molar-refractivity contribution in [1.82, 2.24) is 14.7 Å². The van der Waals surface area contributed by atoms with E-state index in [1.165, 1.54) is 21.9 Å². The molecule has 0 saturated heterocycles. The Kier molecular flexibility index (Phi) is 3.99. The van der Waals surface area contributed by atoms with E-state index in [-0.39, 0.29) is 17.0 Å². The molecular formula is C13H17N3O2S. The highest BCUT2D eigenvalue weighted by Gasteiger charge is 2.14. The van der Waals surface area contributed by atoms with Gasteiger partial charge in [0.1, 0.15) is 5.56 Å². The summed E-state index contributed by atoms with van der Waals surface area (Å²) in [6.45, 7) is 6.57. The van der Waals surface area contributed by atoms with Crippen molar-refractivity contribution < 1.29 is 4.79 Å². The molecule has 6 heteroatoms. The molecule has 0 unspecified atom stereocenters. The van der Waals surface area contributed by atoms with Crippen LogP contribution in [0.3, 0.4) is 0 Å². The van der Waals surface area contributed by atoms with Gasteiger partial charge in [-0.2, -0.15) is 0 Å². The third-order valence-corrected chi connectivity index (χ3v) is 3.83. The van der Waals surface area contributed by atoms with Crippen LogP contribution >= 0.6 is 11.3 Å². The van der Waals surface area contributed by atoms with Gasteiger partial charge in [0.2, 0.25) is 0 Å². The molecule has 2 heterocycles. The van der Waals surface area contributed by atoms with E-state index in [2.05, 4.69) is 24.1 Å². The number of hydrogen-bond acceptors (Lipinski definition) is 4. The topological polar surface area (TPSA) is 63.5 Å². The van der Waals surface area contributed by atoms with E-state index in [9.17, 15) is 9.59 Å². The number of amides is 1. The van der Waals surface area contributed by atoms with Crippen LogP contribution in [0.4, 0.5) is 0 Å². The van der Waals surface area contributed by atoms with Gasteiger partial charge in [-0.1, -0.05) is 13.8 Å². The molecule has 2 rings (SSSR count). The molecule has 0 radical (unpaired) electrons. The maximum absolute atomic E-state index is 12.2. The van der Waals surface area contributed by atoms with Gasteiger partial charge >= 0.3 is 0 Å². The second-order valence-corrected chi connectivity index (χ2v) is 5.75. The number of aryl methyl sites for hydroxylation is 1. The van der Waals surface area contributed by atoms with Gasteiger partial charge in [-0.15, -0.1) is 11.3 Å². The summed E-state index contributed by atoms with van der Waals surface area (Å²) in [6, 6.07) is 0. The van der Waals surface area contributed by atoms with Crippen LogP contribution in [0.2, 0.25) is 0 Å². The Hall–Kier alpha value is -1.69. The number of thiazole rings is 1. The smallest absolute Gasteiger partial charge is 0.271 e. The third kappa shape index (κ3) is 2.84. The molecule has 0 atom stereocenters. The Balaban J connectivity index is 2.25. The lowest BCUT2D eigenvalue weighted by molar-refractivity contribution is 0.0950. The van der Waals surface area contributed by atoms with Crippen molar-refractivity contribution in [2.24, 2.45) is 5.92 Å². The van der Waals surface area contributed by atoms with Crippen molar-refractivity contribution in [3.8, 4) is 0 Å². The zero-order valence-electron chi connectivity index (χ0n) is 11.3. The summed E-state index contributed by atoms with van der Waals surface area (Å²) >= 11 is 1.39. The van der Waals surface area contributed by atoms with Gasteiger partial charge in [0.25, 0.3) is 11.5 Å². The Morgan fingerprint density at radius 2 is 2.26 bits per heavy atom. The number of carbonyl (C=O) groups is 1. The van der Waals surface area contributed by atoms with Crippen LogP contribution in [-0.2, 0) is 0 Å². The van der Waals surface area contributed by atoms with Gasteiger partial charge in [-0.05, 0) is 19.3 Å². The fourth-order valence-electron chi connectivity index (χ4n) is 1.75. The highest BCUT2D eigenvalue weighted by Crippen LogP contribution is 2.10. The Morgan fingerprint density at radius 3 is 2.95 bits per heavy atom. The summed E-state index contributed by atoms with van der Waals surface area (Å²) in [5, 5.41) is 4.61. The van der Waals surface area contributed by atoms with Gasteiger partial charge in [-0.3, -0.25) is 14.0 Å². The summed E-state index contributed by atoms with van der Waals surface area (Å²) in [4.78, 5) is 28.9. The highest BCUT2D eigenvalue weighted by molar-refractivity contribution is 7.15. The SMILES string of the molecule is Cc1csc2ncc(C(=O)NCCC(C)C)c(=O)n12. The molecule has 5 nitrogen and oxygen atoms in total. The van der Waals surface area contributed by atoms with Crippen LogP contribution in [0, 0.1) is 12.8 Å². The molecule has 19 heavy (non-hydrogen) atoms. The second kappa shape index (κ2) is 5.52. The zero-order chi connectivity index (χ0) is 14.0. The largest absolute Gasteiger partial charge is 0.352 e. The highest BCUT2D eigenvalue weighted by atomic mass is 32.1. The average Bonchev–Trinajstić information content (AvgIpc) is 2.71. The minimum absolute atomic E-state index is 0.0998. The molecule has 1 amide bonds. The van der Waals surface area contributed by atoms with Crippen LogP contribution < -0.4 is 10.9 Å². The van der Waals surface area contributed by atoms with Crippen LogP contribution in [-0.4, -0.2) is 21.8 Å². The number of nitrogens with zero attached hydrogens (tertiary/aromatic N) is 2. The first kappa shape index (κ1) is 13.7. The van der Waals surface area contributed by atoms with E-state index in [4.69, 9.17) is 0 Å². The third-order valence-electron chi connectivity index (χ3n) is 2.87. The summed E-state index contributed by atoms with van der Waals surface area (Å²) in [5.41, 5.74) is 0.600.